The third-order valence-electron chi connectivity index (χ3n) is 2.44. The number of thiophene rings is 1. The van der Waals surface area contributed by atoms with Gasteiger partial charge in [0.25, 0.3) is 0 Å². The van der Waals surface area contributed by atoms with Crippen LogP contribution in [0.4, 0.5) is 0 Å². The van der Waals surface area contributed by atoms with Crippen molar-refractivity contribution in [1.29, 1.82) is 0 Å². The number of nitrogens with zero attached hydrogens (tertiary/aromatic N) is 2. The molecule has 2 heterocycles. The number of hydrogen-bond donors (Lipinski definition) is 0. The van der Waals surface area contributed by atoms with E-state index < -0.39 is 0 Å². The summed E-state index contributed by atoms with van der Waals surface area (Å²) in [6, 6.07) is 2.09. The van der Waals surface area contributed by atoms with Crippen molar-refractivity contribution in [3.8, 4) is 11.4 Å². The zero-order valence-corrected chi connectivity index (χ0v) is 14.0. The molecule has 0 N–H and O–H groups in total. The van der Waals surface area contributed by atoms with Crippen molar-refractivity contribution in [1.82, 2.24) is 9.97 Å². The number of aryl methyl sites for hydroxylation is 2. The second-order valence-corrected chi connectivity index (χ2v) is 6.76. The number of hydrogen-bond acceptors (Lipinski definition) is 4. The first-order valence-electron chi connectivity index (χ1n) is 5.31. The largest absolute Gasteiger partial charge is 0.378 e. The summed E-state index contributed by atoms with van der Waals surface area (Å²) in [6.45, 7) is 4.58. The molecule has 0 aromatic carbocycles. The highest BCUT2D eigenvalue weighted by atomic mass is 127. The van der Waals surface area contributed by atoms with Crippen molar-refractivity contribution in [2.45, 2.75) is 20.5 Å². The van der Waals surface area contributed by atoms with Gasteiger partial charge in [-0.2, -0.15) is 0 Å². The van der Waals surface area contributed by atoms with Gasteiger partial charge in [0.2, 0.25) is 0 Å². The van der Waals surface area contributed by atoms with Gasteiger partial charge >= 0.3 is 0 Å². The fraction of sp³-hybridized carbons (Fsp3) is 0.333. The summed E-state index contributed by atoms with van der Waals surface area (Å²) in [4.78, 5) is 11.4. The standard InChI is InChI=1S/C12H12ClIN2OS/c1-6-4-8(7(2)18-6)12-15-9(5-17-3)10(14)11(13)16-12/h4H,5H2,1-3H3. The Hall–Kier alpha value is -0.240. The van der Waals surface area contributed by atoms with Gasteiger partial charge in [-0.05, 0) is 42.5 Å². The van der Waals surface area contributed by atoms with Crippen LogP contribution in [0.5, 0.6) is 0 Å². The molecule has 0 fully saturated rings. The van der Waals surface area contributed by atoms with Gasteiger partial charge in [0.15, 0.2) is 5.82 Å². The van der Waals surface area contributed by atoms with Gasteiger partial charge in [-0.25, -0.2) is 9.97 Å². The predicted octanol–water partition coefficient (Wildman–Crippen LogP) is 4.23. The first-order chi connectivity index (χ1) is 8.52. The third-order valence-corrected chi connectivity index (χ3v) is 5.13. The van der Waals surface area contributed by atoms with E-state index in [9.17, 15) is 0 Å². The fourth-order valence-electron chi connectivity index (χ4n) is 1.67. The summed E-state index contributed by atoms with van der Waals surface area (Å²) >= 11 is 10.0. The zero-order chi connectivity index (χ0) is 13.3. The molecule has 2 aromatic heterocycles. The van der Waals surface area contributed by atoms with Crippen LogP contribution in [0.15, 0.2) is 6.07 Å². The molecule has 0 spiro atoms. The monoisotopic (exact) mass is 394 g/mol. The highest BCUT2D eigenvalue weighted by molar-refractivity contribution is 14.1. The molecule has 2 rings (SSSR count). The first-order valence-corrected chi connectivity index (χ1v) is 7.58. The highest BCUT2D eigenvalue weighted by Gasteiger charge is 2.14. The molecular weight excluding hydrogens is 383 g/mol. The van der Waals surface area contributed by atoms with Crippen LogP contribution in [0.25, 0.3) is 11.4 Å². The van der Waals surface area contributed by atoms with E-state index in [0.717, 1.165) is 14.8 Å². The molecule has 96 valence electrons. The summed E-state index contributed by atoms with van der Waals surface area (Å²) in [7, 11) is 1.64. The normalized spacial score (nSPS) is 10.9. The van der Waals surface area contributed by atoms with E-state index >= 15 is 0 Å². The molecule has 0 bridgehead atoms. The number of ether oxygens (including phenoxy) is 1. The Balaban J connectivity index is 2.55. The van der Waals surface area contributed by atoms with Crippen LogP contribution in [0.1, 0.15) is 15.4 Å². The molecule has 6 heteroatoms. The Bertz CT molecular complexity index is 586. The molecule has 0 aliphatic rings. The second-order valence-electron chi connectivity index (χ2n) is 3.86. The predicted molar refractivity (Wildman–Crippen MR) is 83.3 cm³/mol. The summed E-state index contributed by atoms with van der Waals surface area (Å²) < 4.78 is 5.99. The maximum atomic E-state index is 6.15. The lowest BCUT2D eigenvalue weighted by Crippen LogP contribution is -2.02. The van der Waals surface area contributed by atoms with Crippen molar-refractivity contribution in [3.05, 3.63) is 30.2 Å². The number of rotatable bonds is 3. The van der Waals surface area contributed by atoms with Gasteiger partial charge in [0.1, 0.15) is 5.15 Å². The Morgan fingerprint density at radius 3 is 2.67 bits per heavy atom. The zero-order valence-electron chi connectivity index (χ0n) is 10.3. The second kappa shape index (κ2) is 5.81. The molecule has 0 unspecified atom stereocenters. The van der Waals surface area contributed by atoms with Gasteiger partial charge in [0, 0.05) is 22.4 Å². The molecule has 0 atom stereocenters. The van der Waals surface area contributed by atoms with Crippen LogP contribution >= 0.6 is 45.5 Å². The van der Waals surface area contributed by atoms with Crippen LogP contribution in [0, 0.1) is 17.4 Å². The van der Waals surface area contributed by atoms with Crippen LogP contribution in [0.2, 0.25) is 5.15 Å². The van der Waals surface area contributed by atoms with Gasteiger partial charge in [-0.1, -0.05) is 11.6 Å². The smallest absolute Gasteiger partial charge is 0.162 e. The Kier molecular flexibility index (Phi) is 4.58. The Morgan fingerprint density at radius 2 is 2.11 bits per heavy atom. The minimum Gasteiger partial charge on any atom is -0.378 e. The maximum Gasteiger partial charge on any atom is 0.162 e. The van der Waals surface area contributed by atoms with E-state index in [4.69, 9.17) is 16.3 Å². The van der Waals surface area contributed by atoms with Crippen molar-refractivity contribution in [2.24, 2.45) is 0 Å². The van der Waals surface area contributed by atoms with Crippen LogP contribution in [0.3, 0.4) is 0 Å². The van der Waals surface area contributed by atoms with Gasteiger partial charge in [-0.3, -0.25) is 0 Å². The molecule has 0 radical (unpaired) electrons. The molecule has 0 aliphatic carbocycles. The third kappa shape index (κ3) is 2.84. The molecule has 0 saturated carbocycles. The van der Waals surface area contributed by atoms with Gasteiger partial charge in [0.05, 0.1) is 15.9 Å². The number of halogens is 2. The van der Waals surface area contributed by atoms with E-state index in [2.05, 4.69) is 52.5 Å². The lowest BCUT2D eigenvalue weighted by Gasteiger charge is -2.07. The summed E-state index contributed by atoms with van der Waals surface area (Å²) in [5.74, 6) is 0.675. The van der Waals surface area contributed by atoms with E-state index in [1.807, 2.05) is 0 Å². The SMILES string of the molecule is COCc1nc(-c2cc(C)sc2C)nc(Cl)c1I. The van der Waals surface area contributed by atoms with E-state index in [1.165, 1.54) is 9.75 Å². The van der Waals surface area contributed by atoms with Crippen molar-refractivity contribution >= 4 is 45.5 Å². The average Bonchev–Trinajstić information content (AvgIpc) is 2.64. The van der Waals surface area contributed by atoms with Crippen molar-refractivity contribution in [3.63, 3.8) is 0 Å². The van der Waals surface area contributed by atoms with Gasteiger partial charge in [-0.15, -0.1) is 11.3 Å². The minimum atomic E-state index is 0.440. The van der Waals surface area contributed by atoms with E-state index in [1.54, 1.807) is 18.4 Å². The van der Waals surface area contributed by atoms with Crippen LogP contribution in [-0.4, -0.2) is 17.1 Å². The quantitative estimate of drug-likeness (QED) is 0.577. The highest BCUT2D eigenvalue weighted by Crippen LogP contribution is 2.30. The Morgan fingerprint density at radius 1 is 1.39 bits per heavy atom. The molecule has 18 heavy (non-hydrogen) atoms. The summed E-state index contributed by atoms with van der Waals surface area (Å²) in [5, 5.41) is 0.482. The molecule has 0 saturated heterocycles. The fourth-order valence-corrected chi connectivity index (χ4v) is 3.17. The first kappa shape index (κ1) is 14.2. The van der Waals surface area contributed by atoms with Gasteiger partial charge < -0.3 is 4.74 Å². The Labute approximate surface area is 129 Å². The molecule has 0 aliphatic heterocycles. The van der Waals surface area contributed by atoms with Crippen LogP contribution in [-0.2, 0) is 11.3 Å². The average molecular weight is 395 g/mol. The molecular formula is C12H12ClIN2OS. The molecule has 3 nitrogen and oxygen atoms in total. The lowest BCUT2D eigenvalue weighted by atomic mass is 10.2. The molecule has 0 amide bonds. The summed E-state index contributed by atoms with van der Waals surface area (Å²) in [6.07, 6.45) is 0. The molecule has 2 aromatic rings. The van der Waals surface area contributed by atoms with Crippen molar-refractivity contribution < 1.29 is 4.74 Å². The minimum absolute atomic E-state index is 0.440. The van der Waals surface area contributed by atoms with E-state index in [0.29, 0.717) is 17.6 Å². The van der Waals surface area contributed by atoms with E-state index in [-0.39, 0.29) is 0 Å². The number of aromatic nitrogens is 2. The topological polar surface area (TPSA) is 35.0 Å². The van der Waals surface area contributed by atoms with Crippen LogP contribution < -0.4 is 0 Å². The maximum absolute atomic E-state index is 6.15. The summed E-state index contributed by atoms with van der Waals surface area (Å²) in [5.41, 5.74) is 1.88. The number of methoxy groups -OCH3 is 1. The van der Waals surface area contributed by atoms with Crippen molar-refractivity contribution in [2.75, 3.05) is 7.11 Å². The lowest BCUT2D eigenvalue weighted by molar-refractivity contribution is 0.181.